The van der Waals surface area contributed by atoms with Crippen LogP contribution in [-0.2, 0) is 16.1 Å². The lowest BCUT2D eigenvalue weighted by atomic mass is 9.90. The van der Waals surface area contributed by atoms with Crippen LogP contribution in [0.4, 0.5) is 0 Å². The predicted molar refractivity (Wildman–Crippen MR) is 80.6 cm³/mol. The first-order valence-corrected chi connectivity index (χ1v) is 7.91. The summed E-state index contributed by atoms with van der Waals surface area (Å²) < 4.78 is 7.70. The molecule has 2 heterocycles. The molecule has 1 aliphatic carbocycles. The first-order chi connectivity index (χ1) is 10.3. The second kappa shape index (κ2) is 6.43. The van der Waals surface area contributed by atoms with Crippen molar-refractivity contribution in [3.8, 4) is 0 Å². The molecule has 1 saturated heterocycles. The van der Waals surface area contributed by atoms with Crippen molar-refractivity contribution in [2.75, 3.05) is 13.2 Å². The number of morpholine rings is 1. The number of hydrogen-bond acceptors (Lipinski definition) is 3. The van der Waals surface area contributed by atoms with Crippen molar-refractivity contribution in [3.63, 3.8) is 0 Å². The summed E-state index contributed by atoms with van der Waals surface area (Å²) in [6, 6.07) is 2.19. The van der Waals surface area contributed by atoms with E-state index in [-0.39, 0.29) is 18.1 Å². The van der Waals surface area contributed by atoms with E-state index >= 15 is 0 Å². The van der Waals surface area contributed by atoms with Crippen molar-refractivity contribution in [3.05, 3.63) is 24.0 Å². The fourth-order valence-corrected chi connectivity index (χ4v) is 3.37. The zero-order chi connectivity index (χ0) is 14.7. The van der Waals surface area contributed by atoms with Crippen molar-refractivity contribution in [2.45, 2.75) is 51.3 Å². The molecule has 5 heteroatoms. The van der Waals surface area contributed by atoms with E-state index in [1.807, 2.05) is 28.6 Å². The van der Waals surface area contributed by atoms with Crippen LogP contribution in [0, 0.1) is 0 Å². The van der Waals surface area contributed by atoms with Gasteiger partial charge in [0, 0.05) is 25.4 Å². The van der Waals surface area contributed by atoms with Crippen LogP contribution in [-0.4, -0.2) is 45.9 Å². The summed E-state index contributed by atoms with van der Waals surface area (Å²) in [7, 11) is 0. The summed E-state index contributed by atoms with van der Waals surface area (Å²) in [6.45, 7) is 4.22. The average Bonchev–Trinajstić information content (AvgIpc) is 2.99. The van der Waals surface area contributed by atoms with Crippen molar-refractivity contribution < 1.29 is 9.53 Å². The van der Waals surface area contributed by atoms with Gasteiger partial charge < -0.3 is 9.64 Å². The van der Waals surface area contributed by atoms with Gasteiger partial charge in [-0.3, -0.25) is 9.48 Å². The molecule has 2 aliphatic rings. The van der Waals surface area contributed by atoms with Crippen molar-refractivity contribution >= 4 is 12.0 Å². The molecule has 0 radical (unpaired) electrons. The number of aromatic nitrogens is 2. The third-order valence-electron chi connectivity index (χ3n) is 4.46. The number of carbonyl (C=O) groups excluding carboxylic acids is 1. The van der Waals surface area contributed by atoms with E-state index in [1.54, 1.807) is 12.3 Å². The van der Waals surface area contributed by atoms with Gasteiger partial charge in [-0.25, -0.2) is 0 Å². The van der Waals surface area contributed by atoms with E-state index < -0.39 is 0 Å². The third kappa shape index (κ3) is 3.02. The lowest BCUT2D eigenvalue weighted by Gasteiger charge is -2.43. The number of ether oxygens (including phenoxy) is 1. The normalized spacial score (nSPS) is 26.0. The highest BCUT2D eigenvalue weighted by Gasteiger charge is 2.35. The van der Waals surface area contributed by atoms with Crippen molar-refractivity contribution in [2.24, 2.45) is 0 Å². The molecule has 3 rings (SSSR count). The number of fused-ring (bicyclic) bond motifs is 1. The monoisotopic (exact) mass is 289 g/mol. The van der Waals surface area contributed by atoms with Crippen LogP contribution in [0.5, 0.6) is 0 Å². The van der Waals surface area contributed by atoms with Gasteiger partial charge in [-0.05, 0) is 31.9 Å². The van der Waals surface area contributed by atoms with E-state index in [2.05, 4.69) is 5.10 Å². The van der Waals surface area contributed by atoms with Gasteiger partial charge >= 0.3 is 0 Å². The maximum absolute atomic E-state index is 12.5. The van der Waals surface area contributed by atoms with Crippen LogP contribution < -0.4 is 0 Å². The first kappa shape index (κ1) is 14.3. The van der Waals surface area contributed by atoms with Crippen molar-refractivity contribution in [1.82, 2.24) is 14.7 Å². The second-order valence-corrected chi connectivity index (χ2v) is 5.70. The van der Waals surface area contributed by atoms with E-state index in [4.69, 9.17) is 4.74 Å². The van der Waals surface area contributed by atoms with E-state index in [1.165, 1.54) is 12.8 Å². The van der Waals surface area contributed by atoms with Gasteiger partial charge in [0.2, 0.25) is 5.91 Å². The molecule has 2 atom stereocenters. The molecular weight excluding hydrogens is 266 g/mol. The smallest absolute Gasteiger partial charge is 0.247 e. The molecule has 0 aromatic carbocycles. The Morgan fingerprint density at radius 1 is 1.48 bits per heavy atom. The Kier molecular flexibility index (Phi) is 4.39. The van der Waals surface area contributed by atoms with Gasteiger partial charge in [-0.15, -0.1) is 0 Å². The molecule has 21 heavy (non-hydrogen) atoms. The molecule has 2 unspecified atom stereocenters. The van der Waals surface area contributed by atoms with Gasteiger partial charge in [-0.1, -0.05) is 12.8 Å². The molecule has 2 fully saturated rings. The number of nitrogens with zero attached hydrogens (tertiary/aromatic N) is 3. The van der Waals surface area contributed by atoms with Crippen LogP contribution >= 0.6 is 0 Å². The molecule has 5 nitrogen and oxygen atoms in total. The van der Waals surface area contributed by atoms with Crippen LogP contribution in [0.25, 0.3) is 6.08 Å². The number of rotatable bonds is 3. The van der Waals surface area contributed by atoms with Crippen molar-refractivity contribution in [1.29, 1.82) is 0 Å². The van der Waals surface area contributed by atoms with Crippen LogP contribution in [0.3, 0.4) is 0 Å². The Morgan fingerprint density at radius 3 is 3.19 bits per heavy atom. The van der Waals surface area contributed by atoms with Gasteiger partial charge in [0.25, 0.3) is 0 Å². The summed E-state index contributed by atoms with van der Waals surface area (Å²) in [5.41, 5.74) is 0.972. The van der Waals surface area contributed by atoms with E-state index in [0.29, 0.717) is 13.2 Å². The summed E-state index contributed by atoms with van der Waals surface area (Å²) in [6.07, 6.45) is 10.1. The maximum Gasteiger partial charge on any atom is 0.247 e. The second-order valence-electron chi connectivity index (χ2n) is 5.70. The number of hydrogen-bond donors (Lipinski definition) is 0. The van der Waals surface area contributed by atoms with Crippen LogP contribution in [0.2, 0.25) is 0 Å². The molecule has 1 aromatic heterocycles. The summed E-state index contributed by atoms with van der Waals surface area (Å²) in [5, 5.41) is 4.21. The van der Waals surface area contributed by atoms with E-state index in [0.717, 1.165) is 25.1 Å². The minimum absolute atomic E-state index is 0.0963. The first-order valence-electron chi connectivity index (χ1n) is 7.91. The highest BCUT2D eigenvalue weighted by atomic mass is 16.5. The highest BCUT2D eigenvalue weighted by molar-refractivity contribution is 5.91. The molecule has 114 valence electrons. The highest BCUT2D eigenvalue weighted by Crippen LogP contribution is 2.28. The van der Waals surface area contributed by atoms with Gasteiger partial charge in [0.1, 0.15) is 0 Å². The van der Waals surface area contributed by atoms with Gasteiger partial charge in [0.15, 0.2) is 0 Å². The molecule has 0 N–H and O–H groups in total. The molecular formula is C16H23N3O2. The molecule has 1 aliphatic heterocycles. The molecule has 0 spiro atoms. The molecule has 0 bridgehead atoms. The topological polar surface area (TPSA) is 47.4 Å². The fourth-order valence-electron chi connectivity index (χ4n) is 3.37. The lowest BCUT2D eigenvalue weighted by Crippen LogP contribution is -2.54. The standard InChI is InChI=1S/C16H23N3O2/c1-2-19-13(9-10-17-19)7-8-16(20)18-11-12-21-15-6-4-3-5-14(15)18/h7-10,14-15H,2-6,11-12H2,1H3/b8-7+. The van der Waals surface area contributed by atoms with Gasteiger partial charge in [-0.2, -0.15) is 5.10 Å². The largest absolute Gasteiger partial charge is 0.374 e. The Morgan fingerprint density at radius 2 is 2.33 bits per heavy atom. The summed E-state index contributed by atoms with van der Waals surface area (Å²) >= 11 is 0. The Labute approximate surface area is 125 Å². The van der Waals surface area contributed by atoms with Crippen LogP contribution in [0.1, 0.15) is 38.3 Å². The Bertz CT molecular complexity index is 521. The summed E-state index contributed by atoms with van der Waals surface area (Å²) in [4.78, 5) is 14.5. The summed E-state index contributed by atoms with van der Waals surface area (Å²) in [5.74, 6) is 0.0963. The van der Waals surface area contributed by atoms with Gasteiger partial charge in [0.05, 0.1) is 24.4 Å². The zero-order valence-electron chi connectivity index (χ0n) is 12.6. The zero-order valence-corrected chi connectivity index (χ0v) is 12.6. The molecule has 1 amide bonds. The Balaban J connectivity index is 1.69. The number of aryl methyl sites for hydroxylation is 1. The number of carbonyl (C=O) groups is 1. The average molecular weight is 289 g/mol. The molecule has 1 saturated carbocycles. The third-order valence-corrected chi connectivity index (χ3v) is 4.46. The minimum Gasteiger partial charge on any atom is -0.374 e. The lowest BCUT2D eigenvalue weighted by molar-refractivity contribution is -0.144. The molecule has 1 aromatic rings. The minimum atomic E-state index is 0.0963. The maximum atomic E-state index is 12.5. The SMILES string of the molecule is CCn1nccc1/C=C/C(=O)N1CCOC2CCCCC21. The van der Waals surface area contributed by atoms with Crippen LogP contribution in [0.15, 0.2) is 18.3 Å². The fraction of sp³-hybridized carbons (Fsp3) is 0.625. The van der Waals surface area contributed by atoms with E-state index in [9.17, 15) is 4.79 Å². The predicted octanol–water partition coefficient (Wildman–Crippen LogP) is 2.09. The number of amides is 1. The Hall–Kier alpha value is -1.62. The quantitative estimate of drug-likeness (QED) is 0.801.